The molecule has 1 amide bonds. The summed E-state index contributed by atoms with van der Waals surface area (Å²) in [5.74, 6) is 1.31. The van der Waals surface area contributed by atoms with E-state index in [4.69, 9.17) is 9.47 Å². The second-order valence-electron chi connectivity index (χ2n) is 6.92. The van der Waals surface area contributed by atoms with Gasteiger partial charge in [-0.2, -0.15) is 0 Å². The largest absolute Gasteiger partial charge is 0.497 e. The number of benzene rings is 2. The molecule has 2 rings (SSSR count). The lowest BCUT2D eigenvalue weighted by Crippen LogP contribution is -2.37. The van der Waals surface area contributed by atoms with E-state index in [2.05, 4.69) is 32.9 Å². The van der Waals surface area contributed by atoms with Crippen LogP contribution in [-0.4, -0.2) is 38.1 Å². The lowest BCUT2D eigenvalue weighted by atomic mass is 9.93. The highest BCUT2D eigenvalue weighted by molar-refractivity contribution is 5.81. The van der Waals surface area contributed by atoms with Crippen molar-refractivity contribution in [1.29, 1.82) is 0 Å². The molecule has 1 unspecified atom stereocenters. The van der Waals surface area contributed by atoms with Gasteiger partial charge in [0.15, 0.2) is 6.10 Å². The van der Waals surface area contributed by atoms with Crippen LogP contribution in [-0.2, 0) is 4.79 Å². The van der Waals surface area contributed by atoms with Gasteiger partial charge in [-0.3, -0.25) is 4.79 Å². The van der Waals surface area contributed by atoms with Gasteiger partial charge in [0.2, 0.25) is 0 Å². The lowest BCUT2D eigenvalue weighted by Gasteiger charge is -2.22. The van der Waals surface area contributed by atoms with Gasteiger partial charge in [-0.05, 0) is 61.6 Å². The zero-order valence-corrected chi connectivity index (χ0v) is 16.8. The Morgan fingerprint density at radius 1 is 1.00 bits per heavy atom. The number of hydrogen-bond acceptors (Lipinski definition) is 3. The zero-order valence-electron chi connectivity index (χ0n) is 16.8. The highest BCUT2D eigenvalue weighted by Crippen LogP contribution is 2.34. The number of nitrogens with zero attached hydrogens (tertiary/aromatic N) is 1. The molecule has 4 nitrogen and oxygen atoms in total. The third-order valence-corrected chi connectivity index (χ3v) is 4.45. The monoisotopic (exact) mass is 355 g/mol. The topological polar surface area (TPSA) is 38.8 Å². The fourth-order valence-electron chi connectivity index (χ4n) is 3.30. The van der Waals surface area contributed by atoms with Crippen LogP contribution in [0, 0.1) is 20.8 Å². The highest BCUT2D eigenvalue weighted by atomic mass is 16.5. The third-order valence-electron chi connectivity index (χ3n) is 4.45. The van der Waals surface area contributed by atoms with Gasteiger partial charge < -0.3 is 14.4 Å². The van der Waals surface area contributed by atoms with Gasteiger partial charge in [-0.25, -0.2) is 0 Å². The van der Waals surface area contributed by atoms with Gasteiger partial charge in [0.25, 0.3) is 5.91 Å². The summed E-state index contributed by atoms with van der Waals surface area (Å²) in [6.07, 6.45) is 0.0942. The van der Waals surface area contributed by atoms with E-state index in [1.807, 2.05) is 25.1 Å². The number of methoxy groups -OCH3 is 1. The van der Waals surface area contributed by atoms with E-state index in [-0.39, 0.29) is 5.91 Å². The SMILES string of the molecule is CCC(Oc1cc(OC)cc(-c2c(C)cc(C)cc2C)c1)C(=O)N(C)C. The van der Waals surface area contributed by atoms with Crippen molar-refractivity contribution in [2.24, 2.45) is 0 Å². The number of hydrogen-bond donors (Lipinski definition) is 0. The molecule has 0 aliphatic heterocycles. The summed E-state index contributed by atoms with van der Waals surface area (Å²) < 4.78 is 11.5. The second-order valence-corrected chi connectivity index (χ2v) is 6.92. The molecule has 0 N–H and O–H groups in total. The number of likely N-dealkylation sites (N-methyl/N-ethyl adjacent to an activating group) is 1. The van der Waals surface area contributed by atoms with Crippen molar-refractivity contribution in [2.75, 3.05) is 21.2 Å². The van der Waals surface area contributed by atoms with Crippen LogP contribution in [0.1, 0.15) is 30.0 Å². The second kappa shape index (κ2) is 8.26. The molecule has 0 heterocycles. The number of amides is 1. The van der Waals surface area contributed by atoms with Crippen LogP contribution in [0.4, 0.5) is 0 Å². The van der Waals surface area contributed by atoms with Gasteiger partial charge in [-0.15, -0.1) is 0 Å². The maximum atomic E-state index is 12.3. The number of rotatable bonds is 6. The minimum absolute atomic E-state index is 0.0421. The summed E-state index contributed by atoms with van der Waals surface area (Å²) in [4.78, 5) is 13.9. The molecular weight excluding hydrogens is 326 g/mol. The summed E-state index contributed by atoms with van der Waals surface area (Å²) in [6.45, 7) is 8.27. The van der Waals surface area contributed by atoms with Crippen LogP contribution in [0.5, 0.6) is 11.5 Å². The van der Waals surface area contributed by atoms with Crippen molar-refractivity contribution in [1.82, 2.24) is 4.90 Å². The maximum absolute atomic E-state index is 12.3. The quantitative estimate of drug-likeness (QED) is 0.764. The molecule has 26 heavy (non-hydrogen) atoms. The first kappa shape index (κ1) is 19.8. The Bertz CT molecular complexity index is 773. The summed E-state index contributed by atoms with van der Waals surface area (Å²) in [7, 11) is 5.12. The van der Waals surface area contributed by atoms with Crippen molar-refractivity contribution in [2.45, 2.75) is 40.2 Å². The van der Waals surface area contributed by atoms with E-state index in [1.54, 1.807) is 26.1 Å². The van der Waals surface area contributed by atoms with Crippen LogP contribution in [0.3, 0.4) is 0 Å². The van der Waals surface area contributed by atoms with Gasteiger partial charge >= 0.3 is 0 Å². The van der Waals surface area contributed by atoms with Gasteiger partial charge in [0, 0.05) is 20.2 Å². The van der Waals surface area contributed by atoms with Crippen molar-refractivity contribution in [3.05, 3.63) is 47.0 Å². The molecule has 0 saturated heterocycles. The molecule has 0 saturated carbocycles. The fraction of sp³-hybridized carbons (Fsp3) is 0.409. The minimum atomic E-state index is -0.509. The molecule has 0 bridgehead atoms. The molecule has 1 atom stereocenters. The first-order chi connectivity index (χ1) is 12.3. The van der Waals surface area contributed by atoms with Gasteiger partial charge in [0.1, 0.15) is 11.5 Å². The zero-order chi connectivity index (χ0) is 19.4. The van der Waals surface area contributed by atoms with E-state index < -0.39 is 6.10 Å². The first-order valence-corrected chi connectivity index (χ1v) is 8.92. The Morgan fingerprint density at radius 3 is 2.08 bits per heavy atom. The van der Waals surface area contributed by atoms with Gasteiger partial charge in [0.05, 0.1) is 7.11 Å². The average molecular weight is 355 g/mol. The summed E-state index contributed by atoms with van der Waals surface area (Å²) >= 11 is 0. The number of aryl methyl sites for hydroxylation is 3. The van der Waals surface area contributed by atoms with E-state index in [0.29, 0.717) is 17.9 Å². The van der Waals surface area contributed by atoms with Crippen molar-refractivity contribution < 1.29 is 14.3 Å². The van der Waals surface area contributed by atoms with Crippen molar-refractivity contribution in [3.63, 3.8) is 0 Å². The molecule has 2 aromatic carbocycles. The van der Waals surface area contributed by atoms with Crippen LogP contribution >= 0.6 is 0 Å². The van der Waals surface area contributed by atoms with Crippen LogP contribution < -0.4 is 9.47 Å². The molecule has 140 valence electrons. The van der Waals surface area contributed by atoms with Crippen LogP contribution in [0.15, 0.2) is 30.3 Å². The Kier molecular flexibility index (Phi) is 6.30. The average Bonchev–Trinajstić information content (AvgIpc) is 2.57. The molecule has 0 radical (unpaired) electrons. The Balaban J connectivity index is 2.48. The third kappa shape index (κ3) is 4.37. The maximum Gasteiger partial charge on any atom is 0.263 e. The molecule has 4 heteroatoms. The predicted octanol–water partition coefficient (Wildman–Crippen LogP) is 4.53. The van der Waals surface area contributed by atoms with Crippen LogP contribution in [0.2, 0.25) is 0 Å². The summed E-state index contributed by atoms with van der Waals surface area (Å²) in [6, 6.07) is 10.2. The number of carbonyl (C=O) groups excluding carboxylic acids is 1. The Hall–Kier alpha value is -2.49. The van der Waals surface area contributed by atoms with E-state index in [9.17, 15) is 4.79 Å². The first-order valence-electron chi connectivity index (χ1n) is 8.92. The highest BCUT2D eigenvalue weighted by Gasteiger charge is 2.21. The van der Waals surface area contributed by atoms with Crippen molar-refractivity contribution >= 4 is 5.91 Å². The normalized spacial score (nSPS) is 11.8. The van der Waals surface area contributed by atoms with Gasteiger partial charge in [-0.1, -0.05) is 24.6 Å². The predicted molar refractivity (Wildman–Crippen MR) is 106 cm³/mol. The minimum Gasteiger partial charge on any atom is -0.497 e. The molecule has 0 aliphatic carbocycles. The molecule has 0 fully saturated rings. The molecule has 0 aliphatic rings. The number of carbonyl (C=O) groups is 1. The Labute approximate surface area is 156 Å². The van der Waals surface area contributed by atoms with E-state index >= 15 is 0 Å². The van der Waals surface area contributed by atoms with Crippen molar-refractivity contribution in [3.8, 4) is 22.6 Å². The smallest absolute Gasteiger partial charge is 0.263 e. The Morgan fingerprint density at radius 2 is 1.58 bits per heavy atom. The molecule has 2 aromatic rings. The van der Waals surface area contributed by atoms with Crippen LogP contribution in [0.25, 0.3) is 11.1 Å². The standard InChI is InChI=1S/C22H29NO3/c1-8-20(22(24)23(5)6)26-19-12-17(11-18(13-19)25-7)21-15(3)9-14(2)10-16(21)4/h9-13,20H,8H2,1-7H3. The van der Waals surface area contributed by atoms with E-state index in [1.165, 1.54) is 22.3 Å². The fourth-order valence-corrected chi connectivity index (χ4v) is 3.30. The van der Waals surface area contributed by atoms with E-state index in [0.717, 1.165) is 5.56 Å². The summed E-state index contributed by atoms with van der Waals surface area (Å²) in [5, 5.41) is 0. The molecule has 0 aromatic heterocycles. The number of ether oxygens (including phenoxy) is 2. The molecular formula is C22H29NO3. The lowest BCUT2D eigenvalue weighted by molar-refractivity contribution is -0.136. The molecule has 0 spiro atoms. The summed E-state index contributed by atoms with van der Waals surface area (Å²) in [5.41, 5.74) is 5.86.